The Morgan fingerprint density at radius 3 is 2.67 bits per heavy atom. The molecular weight excluding hydrogens is 284 g/mol. The first-order valence-corrected chi connectivity index (χ1v) is 8.67. The summed E-state index contributed by atoms with van der Waals surface area (Å²) in [6.07, 6.45) is 7.14. The van der Waals surface area contributed by atoms with E-state index in [0.29, 0.717) is 17.7 Å². The van der Waals surface area contributed by atoms with E-state index in [0.717, 1.165) is 12.0 Å². The molecule has 1 fully saturated rings. The van der Waals surface area contributed by atoms with Crippen molar-refractivity contribution in [3.05, 3.63) is 48.3 Å². The van der Waals surface area contributed by atoms with E-state index in [1.165, 1.54) is 0 Å². The van der Waals surface area contributed by atoms with Crippen molar-refractivity contribution in [1.29, 1.82) is 0 Å². The van der Waals surface area contributed by atoms with E-state index in [1.54, 1.807) is 28.9 Å². The summed E-state index contributed by atoms with van der Waals surface area (Å²) in [4.78, 5) is 0.425. The largest absolute Gasteiger partial charge is 0.275 e. The topological polar surface area (TPSA) is 52.0 Å². The van der Waals surface area contributed by atoms with Crippen LogP contribution in [0.2, 0.25) is 0 Å². The minimum Gasteiger partial charge on any atom is -0.275 e. The maximum absolute atomic E-state index is 12.7. The van der Waals surface area contributed by atoms with E-state index in [1.807, 2.05) is 19.3 Å². The lowest BCUT2D eigenvalue weighted by Gasteiger charge is -2.22. The summed E-state index contributed by atoms with van der Waals surface area (Å²) in [6.45, 7) is 2.11. The fourth-order valence-corrected chi connectivity index (χ4v) is 5.10. The van der Waals surface area contributed by atoms with Crippen LogP contribution in [0.5, 0.6) is 0 Å². The number of hydrogen-bond donors (Lipinski definition) is 0. The maximum Gasteiger partial charge on any atom is 0.181 e. The van der Waals surface area contributed by atoms with Gasteiger partial charge >= 0.3 is 0 Å². The third kappa shape index (κ3) is 2.50. The van der Waals surface area contributed by atoms with Gasteiger partial charge in [-0.15, -0.1) is 0 Å². The highest BCUT2D eigenvalue weighted by atomic mass is 32.2. The lowest BCUT2D eigenvalue weighted by molar-refractivity contribution is 0.487. The first-order valence-electron chi connectivity index (χ1n) is 7.13. The minimum absolute atomic E-state index is 0.152. The van der Waals surface area contributed by atoms with Crippen LogP contribution in [0.15, 0.2) is 41.4 Å². The number of aromatic nitrogens is 2. The second-order valence-electron chi connectivity index (χ2n) is 6.11. The Bertz CT molecular complexity index is 737. The van der Waals surface area contributed by atoms with Crippen LogP contribution < -0.4 is 0 Å². The molecule has 1 aromatic carbocycles. The van der Waals surface area contributed by atoms with Crippen LogP contribution in [0, 0.1) is 6.20 Å². The van der Waals surface area contributed by atoms with Gasteiger partial charge in [-0.3, -0.25) is 4.68 Å². The van der Waals surface area contributed by atoms with Crippen LogP contribution >= 0.6 is 0 Å². The van der Waals surface area contributed by atoms with Gasteiger partial charge in [0.15, 0.2) is 9.84 Å². The van der Waals surface area contributed by atoms with Gasteiger partial charge in [-0.05, 0) is 36.8 Å². The van der Waals surface area contributed by atoms with Crippen molar-refractivity contribution < 1.29 is 8.42 Å². The molecule has 0 bridgehead atoms. The summed E-state index contributed by atoms with van der Waals surface area (Å²) in [5.41, 5.74) is 0.858. The summed E-state index contributed by atoms with van der Waals surface area (Å²) in [5.74, 6) is 0. The Hall–Kier alpha value is -1.62. The molecule has 4 nitrogen and oxygen atoms in total. The Balaban J connectivity index is 1.87. The molecule has 3 rings (SSSR count). The fourth-order valence-electron chi connectivity index (χ4n) is 3.17. The predicted molar refractivity (Wildman–Crippen MR) is 80.7 cm³/mol. The SMILES string of the molecule is Cn1cc(C2(C)CCC(S(=O)(=O)c3ccccc3)C2)[c]n1. The van der Waals surface area contributed by atoms with Crippen molar-refractivity contribution >= 4 is 9.84 Å². The quantitative estimate of drug-likeness (QED) is 0.875. The highest BCUT2D eigenvalue weighted by Crippen LogP contribution is 2.44. The first-order chi connectivity index (χ1) is 9.92. The van der Waals surface area contributed by atoms with Crippen LogP contribution in [-0.2, 0) is 22.3 Å². The summed E-state index contributed by atoms with van der Waals surface area (Å²) in [7, 11) is -1.39. The van der Waals surface area contributed by atoms with E-state index >= 15 is 0 Å². The summed E-state index contributed by atoms with van der Waals surface area (Å²) in [5, 5.41) is 3.77. The van der Waals surface area contributed by atoms with Crippen molar-refractivity contribution in [2.24, 2.45) is 7.05 Å². The second kappa shape index (κ2) is 4.98. The van der Waals surface area contributed by atoms with Crippen molar-refractivity contribution in [3.8, 4) is 0 Å². The van der Waals surface area contributed by atoms with Crippen LogP contribution in [0.1, 0.15) is 31.7 Å². The highest BCUT2D eigenvalue weighted by molar-refractivity contribution is 7.92. The second-order valence-corrected chi connectivity index (χ2v) is 8.34. The van der Waals surface area contributed by atoms with E-state index < -0.39 is 9.84 Å². The molecule has 1 aromatic heterocycles. The molecule has 1 aliphatic rings. The molecule has 5 heteroatoms. The Morgan fingerprint density at radius 2 is 2.05 bits per heavy atom. The van der Waals surface area contributed by atoms with Gasteiger partial charge in [-0.25, -0.2) is 8.42 Å². The van der Waals surface area contributed by atoms with Crippen LogP contribution in [0.3, 0.4) is 0 Å². The highest BCUT2D eigenvalue weighted by Gasteiger charge is 2.43. The average molecular weight is 303 g/mol. The molecule has 2 aromatic rings. The molecule has 0 amide bonds. The molecule has 1 heterocycles. The number of rotatable bonds is 3. The zero-order chi connectivity index (χ0) is 15.1. The molecule has 0 spiro atoms. The Morgan fingerprint density at radius 1 is 1.33 bits per heavy atom. The molecule has 2 atom stereocenters. The van der Waals surface area contributed by atoms with Gasteiger partial charge < -0.3 is 0 Å². The molecule has 2 unspecified atom stereocenters. The minimum atomic E-state index is -3.25. The lowest BCUT2D eigenvalue weighted by atomic mass is 9.83. The molecule has 21 heavy (non-hydrogen) atoms. The monoisotopic (exact) mass is 303 g/mol. The van der Waals surface area contributed by atoms with Crippen LogP contribution in [-0.4, -0.2) is 23.4 Å². The predicted octanol–water partition coefficient (Wildman–Crippen LogP) is 2.50. The number of benzene rings is 1. The van der Waals surface area contributed by atoms with Crippen molar-refractivity contribution in [3.63, 3.8) is 0 Å². The van der Waals surface area contributed by atoms with E-state index in [9.17, 15) is 8.42 Å². The van der Waals surface area contributed by atoms with Crippen molar-refractivity contribution in [1.82, 2.24) is 9.78 Å². The average Bonchev–Trinajstić information content (AvgIpc) is 3.08. The number of sulfone groups is 1. The number of aryl methyl sites for hydroxylation is 1. The maximum atomic E-state index is 12.7. The standard InChI is InChI=1S/C16H19N2O2S/c1-16(13-11-17-18(2)12-13)9-8-15(10-16)21(19,20)14-6-4-3-5-7-14/h3-7,12,15H,8-10H2,1-2H3. The normalized spacial score (nSPS) is 26.1. The van der Waals surface area contributed by atoms with E-state index in [-0.39, 0.29) is 10.7 Å². The van der Waals surface area contributed by atoms with Crippen molar-refractivity contribution in [2.45, 2.75) is 41.7 Å². The van der Waals surface area contributed by atoms with E-state index in [4.69, 9.17) is 0 Å². The number of nitrogens with zero attached hydrogens (tertiary/aromatic N) is 2. The summed E-state index contributed by atoms with van der Waals surface area (Å²) >= 11 is 0. The summed E-state index contributed by atoms with van der Waals surface area (Å²) < 4.78 is 27.2. The Kier molecular flexibility index (Phi) is 3.40. The molecule has 0 aliphatic heterocycles. The fraction of sp³-hybridized carbons (Fsp3) is 0.438. The third-order valence-electron chi connectivity index (χ3n) is 4.50. The van der Waals surface area contributed by atoms with Gasteiger partial charge in [0.2, 0.25) is 0 Å². The lowest BCUT2D eigenvalue weighted by Crippen LogP contribution is -2.23. The third-order valence-corrected chi connectivity index (χ3v) is 6.71. The molecule has 1 saturated carbocycles. The van der Waals surface area contributed by atoms with Crippen LogP contribution in [0.4, 0.5) is 0 Å². The smallest absolute Gasteiger partial charge is 0.181 e. The molecule has 111 valence electrons. The number of hydrogen-bond acceptors (Lipinski definition) is 3. The summed E-state index contributed by atoms with van der Waals surface area (Å²) in [6, 6.07) is 8.75. The Labute approximate surface area is 125 Å². The van der Waals surface area contributed by atoms with Gasteiger partial charge in [-0.2, -0.15) is 5.10 Å². The van der Waals surface area contributed by atoms with E-state index in [2.05, 4.69) is 18.2 Å². The van der Waals surface area contributed by atoms with Gasteiger partial charge in [0.1, 0.15) is 6.20 Å². The first kappa shape index (κ1) is 14.3. The zero-order valence-corrected chi connectivity index (χ0v) is 13.1. The molecule has 0 saturated heterocycles. The van der Waals surface area contributed by atoms with Crippen LogP contribution in [0.25, 0.3) is 0 Å². The van der Waals surface area contributed by atoms with Crippen molar-refractivity contribution in [2.75, 3.05) is 0 Å². The molecule has 1 radical (unpaired) electrons. The van der Waals surface area contributed by atoms with Gasteiger partial charge in [0, 0.05) is 18.8 Å². The van der Waals surface area contributed by atoms with Gasteiger partial charge in [0.05, 0.1) is 10.1 Å². The molecule has 1 aliphatic carbocycles. The zero-order valence-electron chi connectivity index (χ0n) is 12.3. The molecular formula is C16H19N2O2S. The van der Waals surface area contributed by atoms with Gasteiger partial charge in [-0.1, -0.05) is 25.1 Å². The molecule has 0 N–H and O–H groups in total. The van der Waals surface area contributed by atoms with Gasteiger partial charge in [0.25, 0.3) is 0 Å².